The van der Waals surface area contributed by atoms with E-state index >= 15 is 0 Å². The Balaban J connectivity index is 1.28. The average molecular weight is 538 g/mol. The number of nitrogens with zero attached hydrogens (tertiary/aromatic N) is 2. The SMILES string of the molecule is O=C(/C=C/c1cnc(N[C@H](COCc2ccccc2)C(=O)NCC2CCCCC2)cn1)NOC1CCCCO1. The number of nitrogens with one attached hydrogen (secondary N) is 3. The minimum Gasteiger partial charge on any atom is -0.374 e. The number of ether oxygens (including phenoxy) is 2. The molecule has 0 bridgehead atoms. The molecule has 1 saturated carbocycles. The third kappa shape index (κ3) is 10.4. The summed E-state index contributed by atoms with van der Waals surface area (Å²) in [5.74, 6) is 0.421. The molecule has 0 spiro atoms. The van der Waals surface area contributed by atoms with E-state index in [2.05, 4.69) is 26.1 Å². The summed E-state index contributed by atoms with van der Waals surface area (Å²) < 4.78 is 11.3. The quantitative estimate of drug-likeness (QED) is 0.261. The number of aromatic nitrogens is 2. The molecule has 3 N–H and O–H groups in total. The topological polar surface area (TPSA) is 124 Å². The fourth-order valence-corrected chi connectivity index (χ4v) is 4.61. The Hall–Kier alpha value is -3.34. The first-order valence-corrected chi connectivity index (χ1v) is 13.9. The molecule has 2 aromatic rings. The van der Waals surface area contributed by atoms with Crippen LogP contribution in [0.5, 0.6) is 0 Å². The highest BCUT2D eigenvalue weighted by molar-refractivity contribution is 5.90. The smallest absolute Gasteiger partial charge is 0.267 e. The van der Waals surface area contributed by atoms with E-state index < -0.39 is 18.2 Å². The zero-order chi connectivity index (χ0) is 27.1. The number of amides is 2. The van der Waals surface area contributed by atoms with Crippen molar-refractivity contribution >= 4 is 23.7 Å². The average Bonchev–Trinajstić information content (AvgIpc) is 2.99. The molecule has 1 aromatic heterocycles. The van der Waals surface area contributed by atoms with Crippen LogP contribution in [0.2, 0.25) is 0 Å². The molecule has 1 saturated heterocycles. The molecule has 10 heteroatoms. The molecule has 1 aliphatic carbocycles. The van der Waals surface area contributed by atoms with Gasteiger partial charge in [-0.1, -0.05) is 49.6 Å². The number of hydroxylamine groups is 1. The summed E-state index contributed by atoms with van der Waals surface area (Å²) in [6.07, 6.45) is 14.3. The predicted molar refractivity (Wildman–Crippen MR) is 147 cm³/mol. The van der Waals surface area contributed by atoms with Crippen LogP contribution in [0.3, 0.4) is 0 Å². The summed E-state index contributed by atoms with van der Waals surface area (Å²) in [6.45, 7) is 1.89. The summed E-state index contributed by atoms with van der Waals surface area (Å²) in [7, 11) is 0. The van der Waals surface area contributed by atoms with Gasteiger partial charge >= 0.3 is 0 Å². The van der Waals surface area contributed by atoms with E-state index in [-0.39, 0.29) is 12.5 Å². The Kier molecular flexibility index (Phi) is 11.7. The minimum atomic E-state index is -0.627. The number of rotatable bonds is 13. The maximum absolute atomic E-state index is 13.1. The highest BCUT2D eigenvalue weighted by atomic mass is 16.8. The van der Waals surface area contributed by atoms with Gasteiger partial charge in [0.1, 0.15) is 11.9 Å². The molecule has 2 amide bonds. The Bertz CT molecular complexity index is 1040. The molecule has 4 rings (SSSR count). The zero-order valence-electron chi connectivity index (χ0n) is 22.3. The van der Waals surface area contributed by atoms with Gasteiger partial charge < -0.3 is 20.1 Å². The Labute approximate surface area is 229 Å². The molecular formula is C29H39N5O5. The predicted octanol–water partition coefficient (Wildman–Crippen LogP) is 3.76. The van der Waals surface area contributed by atoms with E-state index in [0.717, 1.165) is 37.7 Å². The van der Waals surface area contributed by atoms with Crippen LogP contribution in [-0.4, -0.2) is 53.9 Å². The maximum Gasteiger partial charge on any atom is 0.267 e. The van der Waals surface area contributed by atoms with Gasteiger partial charge in [-0.15, -0.1) is 0 Å². The van der Waals surface area contributed by atoms with Gasteiger partial charge in [0.2, 0.25) is 5.91 Å². The van der Waals surface area contributed by atoms with E-state index in [9.17, 15) is 9.59 Å². The summed E-state index contributed by atoms with van der Waals surface area (Å²) >= 11 is 0. The second-order valence-corrected chi connectivity index (χ2v) is 9.99. The first-order chi connectivity index (χ1) is 19.2. The third-order valence-electron chi connectivity index (χ3n) is 6.83. The molecule has 0 radical (unpaired) electrons. The molecule has 2 heterocycles. The monoisotopic (exact) mass is 537 g/mol. The van der Waals surface area contributed by atoms with Crippen molar-refractivity contribution in [2.24, 2.45) is 5.92 Å². The van der Waals surface area contributed by atoms with E-state index in [4.69, 9.17) is 14.3 Å². The molecule has 2 atom stereocenters. The number of hydrogen-bond acceptors (Lipinski definition) is 8. The van der Waals surface area contributed by atoms with Crippen LogP contribution < -0.4 is 16.1 Å². The highest BCUT2D eigenvalue weighted by Crippen LogP contribution is 2.22. The van der Waals surface area contributed by atoms with Crippen LogP contribution in [0.15, 0.2) is 48.8 Å². The second kappa shape index (κ2) is 15.9. The van der Waals surface area contributed by atoms with Crippen molar-refractivity contribution in [2.45, 2.75) is 70.3 Å². The first-order valence-electron chi connectivity index (χ1n) is 13.9. The third-order valence-corrected chi connectivity index (χ3v) is 6.83. The fraction of sp³-hybridized carbons (Fsp3) is 0.517. The van der Waals surface area contributed by atoms with Crippen LogP contribution in [0.1, 0.15) is 62.6 Å². The van der Waals surface area contributed by atoms with Crippen molar-refractivity contribution in [2.75, 3.05) is 25.1 Å². The van der Waals surface area contributed by atoms with E-state index in [1.165, 1.54) is 43.8 Å². The van der Waals surface area contributed by atoms with Crippen molar-refractivity contribution in [3.8, 4) is 0 Å². The van der Waals surface area contributed by atoms with Gasteiger partial charge in [-0.05, 0) is 43.2 Å². The number of carbonyl (C=O) groups is 2. The van der Waals surface area contributed by atoms with Crippen LogP contribution >= 0.6 is 0 Å². The van der Waals surface area contributed by atoms with E-state index in [0.29, 0.717) is 37.2 Å². The number of hydrogen-bond donors (Lipinski definition) is 3. The van der Waals surface area contributed by atoms with E-state index in [1.54, 1.807) is 0 Å². The van der Waals surface area contributed by atoms with Crippen LogP contribution in [-0.2, 0) is 30.5 Å². The molecule has 2 aliphatic rings. The number of anilines is 1. The van der Waals surface area contributed by atoms with Crippen molar-refractivity contribution in [1.82, 2.24) is 20.8 Å². The summed E-state index contributed by atoms with van der Waals surface area (Å²) in [4.78, 5) is 39.1. The first kappa shape index (κ1) is 28.7. The van der Waals surface area contributed by atoms with Gasteiger partial charge in [-0.3, -0.25) is 14.6 Å². The van der Waals surface area contributed by atoms with Crippen LogP contribution in [0, 0.1) is 5.92 Å². The molecule has 39 heavy (non-hydrogen) atoms. The number of carbonyl (C=O) groups excluding carboxylic acids is 2. The lowest BCUT2D eigenvalue weighted by molar-refractivity contribution is -0.198. The Morgan fingerprint density at radius 1 is 1.03 bits per heavy atom. The Morgan fingerprint density at radius 2 is 1.85 bits per heavy atom. The summed E-state index contributed by atoms with van der Waals surface area (Å²) in [5, 5.41) is 6.25. The highest BCUT2D eigenvalue weighted by Gasteiger charge is 2.22. The van der Waals surface area contributed by atoms with Gasteiger partial charge in [-0.25, -0.2) is 15.3 Å². The molecule has 2 fully saturated rings. The molecule has 1 aliphatic heterocycles. The standard InChI is InChI=1S/C29H39N5O5/c35-27(34-39-28-13-7-8-16-38-28)15-14-24-18-31-26(19-30-24)33-25(21-37-20-23-11-5-2-6-12-23)29(36)32-17-22-9-3-1-4-10-22/h2,5-6,11-12,14-15,18-19,22,25,28H,1,3-4,7-10,13,16-17,20-21H2,(H,31,33)(H,32,36)(H,34,35)/b15-14+/t25-,28?/m1/s1. The second-order valence-electron chi connectivity index (χ2n) is 9.99. The van der Waals surface area contributed by atoms with Gasteiger partial charge in [-0.2, -0.15) is 0 Å². The van der Waals surface area contributed by atoms with Gasteiger partial charge in [0, 0.05) is 25.6 Å². The van der Waals surface area contributed by atoms with Gasteiger partial charge in [0.15, 0.2) is 6.29 Å². The summed E-state index contributed by atoms with van der Waals surface area (Å²) in [5.41, 5.74) is 3.90. The fourth-order valence-electron chi connectivity index (χ4n) is 4.61. The minimum absolute atomic E-state index is 0.127. The van der Waals surface area contributed by atoms with Crippen LogP contribution in [0.25, 0.3) is 6.08 Å². The van der Waals surface area contributed by atoms with Gasteiger partial charge in [0.25, 0.3) is 5.91 Å². The van der Waals surface area contributed by atoms with Gasteiger partial charge in [0.05, 0.1) is 31.3 Å². The zero-order valence-corrected chi connectivity index (χ0v) is 22.3. The lowest BCUT2D eigenvalue weighted by atomic mass is 9.89. The van der Waals surface area contributed by atoms with Crippen LogP contribution in [0.4, 0.5) is 5.82 Å². The van der Waals surface area contributed by atoms with Crippen molar-refractivity contribution in [1.29, 1.82) is 0 Å². The molecular weight excluding hydrogens is 498 g/mol. The van der Waals surface area contributed by atoms with Crippen molar-refractivity contribution < 1.29 is 23.9 Å². The lowest BCUT2D eigenvalue weighted by Crippen LogP contribution is -2.44. The maximum atomic E-state index is 13.1. The lowest BCUT2D eigenvalue weighted by Gasteiger charge is -2.24. The Morgan fingerprint density at radius 3 is 2.59 bits per heavy atom. The van der Waals surface area contributed by atoms with Crippen molar-refractivity contribution in [3.05, 3.63) is 60.1 Å². The molecule has 210 valence electrons. The van der Waals surface area contributed by atoms with Crippen molar-refractivity contribution in [3.63, 3.8) is 0 Å². The molecule has 1 aromatic carbocycles. The summed E-state index contributed by atoms with van der Waals surface area (Å²) in [6, 6.07) is 9.21. The van der Waals surface area contributed by atoms with E-state index in [1.807, 2.05) is 30.3 Å². The molecule has 10 nitrogen and oxygen atoms in total. The number of benzene rings is 1. The normalized spacial score (nSPS) is 18.9. The molecule has 1 unspecified atom stereocenters. The largest absolute Gasteiger partial charge is 0.374 e.